The second-order valence-electron chi connectivity index (χ2n) is 3.01. The monoisotopic (exact) mass is 202 g/mol. The number of rotatable bonds is 6. The fraction of sp³-hybridized carbons (Fsp3) is 0.778. The standard InChI is InChI=1S/C9H18N2O3/c1-3-4-11(5-6-12)9(14)7-10-8(2)13/h12H,3-7H2,1-2H3,(H,10,13). The molecule has 5 nitrogen and oxygen atoms in total. The van der Waals surface area contributed by atoms with Crippen molar-refractivity contribution in [3.8, 4) is 0 Å². The lowest BCUT2D eigenvalue weighted by atomic mass is 10.3. The summed E-state index contributed by atoms with van der Waals surface area (Å²) < 4.78 is 0. The Morgan fingerprint density at radius 2 is 2.00 bits per heavy atom. The molecule has 2 N–H and O–H groups in total. The van der Waals surface area contributed by atoms with E-state index in [0.29, 0.717) is 13.1 Å². The topological polar surface area (TPSA) is 69.6 Å². The molecule has 0 aromatic carbocycles. The molecule has 0 spiro atoms. The minimum Gasteiger partial charge on any atom is -0.395 e. The van der Waals surface area contributed by atoms with Gasteiger partial charge in [-0.2, -0.15) is 0 Å². The molecule has 0 unspecified atom stereocenters. The van der Waals surface area contributed by atoms with E-state index < -0.39 is 0 Å². The van der Waals surface area contributed by atoms with Crippen LogP contribution < -0.4 is 5.32 Å². The van der Waals surface area contributed by atoms with Crippen molar-refractivity contribution in [3.05, 3.63) is 0 Å². The first-order chi connectivity index (χ1) is 6.61. The maximum absolute atomic E-state index is 11.4. The molecular weight excluding hydrogens is 184 g/mol. The average molecular weight is 202 g/mol. The molecule has 0 radical (unpaired) electrons. The molecule has 0 bridgehead atoms. The molecule has 0 aliphatic carbocycles. The summed E-state index contributed by atoms with van der Waals surface area (Å²) in [5, 5.41) is 11.1. The lowest BCUT2D eigenvalue weighted by molar-refractivity contribution is -0.132. The van der Waals surface area contributed by atoms with Crippen LogP contribution in [0.1, 0.15) is 20.3 Å². The van der Waals surface area contributed by atoms with Gasteiger partial charge in [-0.15, -0.1) is 0 Å². The van der Waals surface area contributed by atoms with Gasteiger partial charge in [0.05, 0.1) is 13.2 Å². The van der Waals surface area contributed by atoms with E-state index in [9.17, 15) is 9.59 Å². The van der Waals surface area contributed by atoms with Crippen LogP contribution in [0.2, 0.25) is 0 Å². The Bertz CT molecular complexity index is 188. The number of nitrogens with one attached hydrogen (secondary N) is 1. The molecule has 0 aliphatic rings. The number of hydrogen-bond donors (Lipinski definition) is 2. The summed E-state index contributed by atoms with van der Waals surface area (Å²) in [6.45, 7) is 4.21. The molecule has 0 atom stereocenters. The number of amides is 2. The molecule has 0 saturated heterocycles. The quantitative estimate of drug-likeness (QED) is 0.601. The number of hydrogen-bond acceptors (Lipinski definition) is 3. The van der Waals surface area contributed by atoms with Crippen molar-refractivity contribution in [2.24, 2.45) is 0 Å². The van der Waals surface area contributed by atoms with Gasteiger partial charge in [0.15, 0.2) is 0 Å². The molecule has 0 heterocycles. The summed E-state index contributed by atoms with van der Waals surface area (Å²) in [6.07, 6.45) is 0.839. The van der Waals surface area contributed by atoms with E-state index in [1.54, 1.807) is 0 Å². The summed E-state index contributed by atoms with van der Waals surface area (Å²) in [6, 6.07) is 0. The first-order valence-corrected chi connectivity index (χ1v) is 4.74. The van der Waals surface area contributed by atoms with Gasteiger partial charge in [-0.3, -0.25) is 9.59 Å². The van der Waals surface area contributed by atoms with Crippen LogP contribution >= 0.6 is 0 Å². The zero-order chi connectivity index (χ0) is 11.0. The third-order valence-corrected chi connectivity index (χ3v) is 1.70. The fourth-order valence-corrected chi connectivity index (χ4v) is 1.06. The maximum Gasteiger partial charge on any atom is 0.242 e. The number of aliphatic hydroxyl groups is 1. The van der Waals surface area contributed by atoms with Crippen molar-refractivity contribution in [3.63, 3.8) is 0 Å². The number of nitrogens with zero attached hydrogens (tertiary/aromatic N) is 1. The molecule has 0 aromatic heterocycles. The van der Waals surface area contributed by atoms with Crippen LogP contribution in [0.4, 0.5) is 0 Å². The van der Waals surface area contributed by atoms with E-state index in [0.717, 1.165) is 6.42 Å². The Morgan fingerprint density at radius 1 is 1.36 bits per heavy atom. The fourth-order valence-electron chi connectivity index (χ4n) is 1.06. The summed E-state index contributed by atoms with van der Waals surface area (Å²) >= 11 is 0. The normalized spacial score (nSPS) is 9.64. The predicted octanol–water partition coefficient (Wildman–Crippen LogP) is -0.647. The van der Waals surface area contributed by atoms with Crippen LogP contribution in [-0.2, 0) is 9.59 Å². The molecule has 0 rings (SSSR count). The van der Waals surface area contributed by atoms with E-state index in [1.165, 1.54) is 11.8 Å². The van der Waals surface area contributed by atoms with Crippen LogP contribution in [0.3, 0.4) is 0 Å². The van der Waals surface area contributed by atoms with Gasteiger partial charge in [-0.25, -0.2) is 0 Å². The van der Waals surface area contributed by atoms with Crippen molar-refractivity contribution in [2.45, 2.75) is 20.3 Å². The molecule has 14 heavy (non-hydrogen) atoms. The summed E-state index contributed by atoms with van der Waals surface area (Å²) in [7, 11) is 0. The van der Waals surface area contributed by atoms with Gasteiger partial charge in [0, 0.05) is 20.0 Å². The van der Waals surface area contributed by atoms with E-state index in [1.807, 2.05) is 6.92 Å². The zero-order valence-electron chi connectivity index (χ0n) is 8.75. The van der Waals surface area contributed by atoms with Crippen molar-refractivity contribution in [1.29, 1.82) is 0 Å². The van der Waals surface area contributed by atoms with Crippen molar-refractivity contribution < 1.29 is 14.7 Å². The van der Waals surface area contributed by atoms with Crippen molar-refractivity contribution >= 4 is 11.8 Å². The molecule has 2 amide bonds. The summed E-state index contributed by atoms with van der Waals surface area (Å²) in [5.41, 5.74) is 0. The summed E-state index contributed by atoms with van der Waals surface area (Å²) in [4.78, 5) is 23.5. The minimum absolute atomic E-state index is 0.00926. The van der Waals surface area contributed by atoms with Gasteiger partial charge < -0.3 is 15.3 Å². The third-order valence-electron chi connectivity index (χ3n) is 1.70. The zero-order valence-corrected chi connectivity index (χ0v) is 8.75. The molecule has 0 aliphatic heterocycles. The maximum atomic E-state index is 11.4. The molecule has 82 valence electrons. The van der Waals surface area contributed by atoms with E-state index >= 15 is 0 Å². The predicted molar refractivity (Wildman–Crippen MR) is 52.6 cm³/mol. The third kappa shape index (κ3) is 5.53. The van der Waals surface area contributed by atoms with Crippen LogP contribution in [0.15, 0.2) is 0 Å². The molecule has 0 fully saturated rings. The van der Waals surface area contributed by atoms with Crippen LogP contribution in [0.5, 0.6) is 0 Å². The Morgan fingerprint density at radius 3 is 2.43 bits per heavy atom. The van der Waals surface area contributed by atoms with Gasteiger partial charge >= 0.3 is 0 Å². The van der Waals surface area contributed by atoms with Crippen LogP contribution in [-0.4, -0.2) is 48.1 Å². The van der Waals surface area contributed by atoms with Crippen molar-refractivity contribution in [1.82, 2.24) is 10.2 Å². The van der Waals surface area contributed by atoms with Gasteiger partial charge in [-0.1, -0.05) is 6.92 Å². The highest BCUT2D eigenvalue weighted by Crippen LogP contribution is 1.91. The van der Waals surface area contributed by atoms with E-state index in [2.05, 4.69) is 5.32 Å². The van der Waals surface area contributed by atoms with Crippen molar-refractivity contribution in [2.75, 3.05) is 26.2 Å². The highest BCUT2D eigenvalue weighted by atomic mass is 16.3. The number of carbonyl (C=O) groups excluding carboxylic acids is 2. The van der Waals surface area contributed by atoms with Crippen LogP contribution in [0, 0.1) is 0 Å². The Hall–Kier alpha value is -1.10. The Kier molecular flexibility index (Phi) is 6.74. The van der Waals surface area contributed by atoms with Gasteiger partial charge in [0.25, 0.3) is 0 Å². The second-order valence-corrected chi connectivity index (χ2v) is 3.01. The molecular formula is C9H18N2O3. The van der Waals surface area contributed by atoms with E-state index in [-0.39, 0.29) is 25.0 Å². The van der Waals surface area contributed by atoms with Crippen LogP contribution in [0.25, 0.3) is 0 Å². The van der Waals surface area contributed by atoms with E-state index in [4.69, 9.17) is 5.11 Å². The highest BCUT2D eigenvalue weighted by Gasteiger charge is 2.11. The largest absolute Gasteiger partial charge is 0.395 e. The Balaban J connectivity index is 3.94. The molecule has 5 heteroatoms. The first kappa shape index (κ1) is 12.9. The second kappa shape index (κ2) is 7.32. The van der Waals surface area contributed by atoms with Gasteiger partial charge in [0.1, 0.15) is 0 Å². The summed E-state index contributed by atoms with van der Waals surface area (Å²) in [5.74, 6) is -0.380. The lowest BCUT2D eigenvalue weighted by Crippen LogP contribution is -2.41. The lowest BCUT2D eigenvalue weighted by Gasteiger charge is -2.20. The minimum atomic E-state index is -0.223. The first-order valence-electron chi connectivity index (χ1n) is 4.74. The smallest absolute Gasteiger partial charge is 0.242 e. The van der Waals surface area contributed by atoms with Gasteiger partial charge in [0.2, 0.25) is 11.8 Å². The highest BCUT2D eigenvalue weighted by molar-refractivity contribution is 5.83. The molecule has 0 saturated carbocycles. The molecule has 0 aromatic rings. The number of carbonyl (C=O) groups is 2. The SMILES string of the molecule is CCCN(CCO)C(=O)CNC(C)=O. The number of aliphatic hydroxyl groups excluding tert-OH is 1. The Labute approximate surface area is 84.1 Å². The van der Waals surface area contributed by atoms with Gasteiger partial charge in [-0.05, 0) is 6.42 Å². The average Bonchev–Trinajstić information content (AvgIpc) is 2.14.